The number of hydrogen-bond acceptors (Lipinski definition) is 5. The van der Waals surface area contributed by atoms with E-state index in [-0.39, 0.29) is 5.56 Å². The smallest absolute Gasteiger partial charge is 0.381 e. The average molecular weight is 194 g/mol. The number of benzene rings is 1. The third-order valence-electron chi connectivity index (χ3n) is 1.46. The van der Waals surface area contributed by atoms with Gasteiger partial charge in [0.25, 0.3) is 5.69 Å². The molecule has 0 unspecified atom stereocenters. The second-order valence-electron chi connectivity index (χ2n) is 2.25. The van der Waals surface area contributed by atoms with Gasteiger partial charge in [-0.2, -0.15) is 0 Å². The Hall–Kier alpha value is -2.24. The largest absolute Gasteiger partial charge is 0.425 e. The van der Waals surface area contributed by atoms with Crippen LogP contribution in [0.5, 0.6) is 0 Å². The summed E-state index contributed by atoms with van der Waals surface area (Å²) in [6.07, 6.45) is 0. The molecule has 71 valence electrons. The predicted molar refractivity (Wildman–Crippen MR) is 44.2 cm³/mol. The molecule has 1 aromatic rings. The van der Waals surface area contributed by atoms with Crippen molar-refractivity contribution in [2.75, 3.05) is 0 Å². The zero-order valence-electron chi connectivity index (χ0n) is 6.80. The fourth-order valence-electron chi connectivity index (χ4n) is 0.898. The normalized spacial score (nSPS) is 9.14. The Bertz CT molecular complexity index is 387. The Labute approximate surface area is 78.3 Å². The molecule has 1 aromatic carbocycles. The molecule has 0 spiro atoms. The van der Waals surface area contributed by atoms with Crippen molar-refractivity contribution >= 4 is 18.1 Å². The Morgan fingerprint density at radius 1 is 1.43 bits per heavy atom. The molecule has 6 heteroatoms. The van der Waals surface area contributed by atoms with Crippen LogP contribution in [0.4, 0.5) is 5.69 Å². The molecule has 0 saturated carbocycles. The summed E-state index contributed by atoms with van der Waals surface area (Å²) in [5.41, 5.74) is -0.686. The van der Waals surface area contributed by atoms with Gasteiger partial charge in [0.1, 0.15) is 5.56 Å². The maximum Gasteiger partial charge on any atom is 0.425 e. The quantitative estimate of drug-likeness (QED) is 0.307. The Balaban J connectivity index is 3.12. The maximum atomic E-state index is 11.0. The van der Waals surface area contributed by atoms with E-state index in [0.717, 1.165) is 12.5 Å². The first-order chi connectivity index (χ1) is 6.66. The van der Waals surface area contributed by atoms with Gasteiger partial charge in [0, 0.05) is 6.07 Å². The summed E-state index contributed by atoms with van der Waals surface area (Å²) in [4.78, 5) is 30.4. The summed E-state index contributed by atoms with van der Waals surface area (Å²) in [6, 6.07) is 5.16. The van der Waals surface area contributed by atoms with Gasteiger partial charge in [-0.3, -0.25) is 10.1 Å². The zero-order chi connectivity index (χ0) is 10.6. The summed E-state index contributed by atoms with van der Waals surface area (Å²) < 4.78 is 3.87. The van der Waals surface area contributed by atoms with Crippen molar-refractivity contribution in [3.8, 4) is 0 Å². The standard InChI is InChI=1S/C8H4NO5/c10-5-14-8(11)6-3-1-2-4-7(6)9(12)13/h1-4H. The molecule has 0 aliphatic heterocycles. The third kappa shape index (κ3) is 1.92. The molecule has 0 heterocycles. The lowest BCUT2D eigenvalue weighted by Crippen LogP contribution is -2.06. The second kappa shape index (κ2) is 4.13. The molecule has 0 aliphatic carbocycles. The molecule has 0 aromatic heterocycles. The molecule has 0 bridgehead atoms. The van der Waals surface area contributed by atoms with Crippen LogP contribution in [0.3, 0.4) is 0 Å². The van der Waals surface area contributed by atoms with E-state index >= 15 is 0 Å². The molecule has 14 heavy (non-hydrogen) atoms. The third-order valence-corrected chi connectivity index (χ3v) is 1.46. The fourth-order valence-corrected chi connectivity index (χ4v) is 0.898. The minimum absolute atomic E-state index is 0.277. The van der Waals surface area contributed by atoms with Crippen LogP contribution in [-0.4, -0.2) is 17.4 Å². The summed E-state index contributed by atoms with van der Waals surface area (Å²) >= 11 is 0. The first kappa shape index (κ1) is 9.85. The van der Waals surface area contributed by atoms with Crippen LogP contribution in [0.25, 0.3) is 0 Å². The van der Waals surface area contributed by atoms with Crippen molar-refractivity contribution in [2.24, 2.45) is 0 Å². The summed E-state index contributed by atoms with van der Waals surface area (Å²) in [6.45, 7) is 0.910. The summed E-state index contributed by atoms with van der Waals surface area (Å²) in [5, 5.41) is 10.4. The Morgan fingerprint density at radius 2 is 2.07 bits per heavy atom. The minimum atomic E-state index is -1.09. The van der Waals surface area contributed by atoms with Crippen LogP contribution >= 0.6 is 0 Å². The first-order valence-corrected chi connectivity index (χ1v) is 3.48. The van der Waals surface area contributed by atoms with E-state index < -0.39 is 16.6 Å². The number of para-hydroxylation sites is 1. The molecule has 1 rings (SSSR count). The fraction of sp³-hybridized carbons (Fsp3) is 0. The number of hydrogen-bond donors (Lipinski definition) is 0. The van der Waals surface area contributed by atoms with Gasteiger partial charge in [-0.15, -0.1) is 0 Å². The van der Waals surface area contributed by atoms with Crippen molar-refractivity contribution in [2.45, 2.75) is 0 Å². The molecule has 6 nitrogen and oxygen atoms in total. The number of carbonyl (C=O) groups excluding carboxylic acids is 2. The molecular weight excluding hydrogens is 190 g/mol. The number of ether oxygens (including phenoxy) is 1. The predicted octanol–water partition coefficient (Wildman–Crippen LogP) is 0.819. The van der Waals surface area contributed by atoms with Crippen molar-refractivity contribution in [1.82, 2.24) is 0 Å². The van der Waals surface area contributed by atoms with E-state index in [9.17, 15) is 19.7 Å². The van der Waals surface area contributed by atoms with Crippen molar-refractivity contribution < 1.29 is 19.2 Å². The zero-order valence-corrected chi connectivity index (χ0v) is 6.80. The molecule has 0 atom stereocenters. The van der Waals surface area contributed by atoms with Gasteiger partial charge < -0.3 is 4.74 Å². The lowest BCUT2D eigenvalue weighted by Gasteiger charge is -1.97. The van der Waals surface area contributed by atoms with Gasteiger partial charge in [-0.25, -0.2) is 9.59 Å². The molecule has 0 aliphatic rings. The SMILES string of the molecule is O=[C]OC(=O)c1ccccc1[N+](=O)[O-]. The van der Waals surface area contributed by atoms with Crippen molar-refractivity contribution in [3.63, 3.8) is 0 Å². The van der Waals surface area contributed by atoms with E-state index in [1.807, 2.05) is 0 Å². The maximum absolute atomic E-state index is 11.0. The monoisotopic (exact) mass is 194 g/mol. The van der Waals surface area contributed by atoms with Gasteiger partial charge in [-0.05, 0) is 6.07 Å². The van der Waals surface area contributed by atoms with E-state index in [1.165, 1.54) is 18.2 Å². The van der Waals surface area contributed by atoms with Crippen LogP contribution < -0.4 is 0 Å². The van der Waals surface area contributed by atoms with Gasteiger partial charge in [-0.1, -0.05) is 12.1 Å². The molecule has 0 saturated heterocycles. The van der Waals surface area contributed by atoms with E-state index in [1.54, 1.807) is 0 Å². The van der Waals surface area contributed by atoms with E-state index in [4.69, 9.17) is 0 Å². The topological polar surface area (TPSA) is 86.5 Å². The van der Waals surface area contributed by atoms with E-state index in [0.29, 0.717) is 0 Å². The highest BCUT2D eigenvalue weighted by Crippen LogP contribution is 2.17. The Morgan fingerprint density at radius 3 is 2.64 bits per heavy atom. The van der Waals surface area contributed by atoms with Crippen LogP contribution in [0.1, 0.15) is 10.4 Å². The molecule has 0 amide bonds. The van der Waals surface area contributed by atoms with Crippen molar-refractivity contribution in [1.29, 1.82) is 0 Å². The second-order valence-corrected chi connectivity index (χ2v) is 2.25. The number of carbonyl (C=O) groups is 1. The molecule has 0 N–H and O–H groups in total. The lowest BCUT2D eigenvalue weighted by molar-refractivity contribution is -0.385. The van der Waals surface area contributed by atoms with E-state index in [2.05, 4.69) is 4.74 Å². The number of nitro benzene ring substituents is 1. The average Bonchev–Trinajstić information content (AvgIpc) is 2.18. The van der Waals surface area contributed by atoms with Crippen LogP contribution in [0, 0.1) is 10.1 Å². The number of nitrogens with zero attached hydrogens (tertiary/aromatic N) is 1. The highest BCUT2D eigenvalue weighted by molar-refractivity contribution is 5.96. The van der Waals surface area contributed by atoms with Gasteiger partial charge in [0.15, 0.2) is 0 Å². The highest BCUT2D eigenvalue weighted by Gasteiger charge is 2.20. The number of rotatable bonds is 3. The van der Waals surface area contributed by atoms with Crippen LogP contribution in [0.2, 0.25) is 0 Å². The first-order valence-electron chi connectivity index (χ1n) is 3.48. The van der Waals surface area contributed by atoms with Crippen LogP contribution in [-0.2, 0) is 9.53 Å². The summed E-state index contributed by atoms with van der Waals surface area (Å²) in [5.74, 6) is -1.09. The Kier molecular flexibility index (Phi) is 2.90. The summed E-state index contributed by atoms with van der Waals surface area (Å²) in [7, 11) is 0. The molecule has 1 radical (unpaired) electrons. The van der Waals surface area contributed by atoms with Gasteiger partial charge in [0.2, 0.25) is 0 Å². The minimum Gasteiger partial charge on any atom is -0.381 e. The van der Waals surface area contributed by atoms with Gasteiger partial charge in [0.05, 0.1) is 4.92 Å². The van der Waals surface area contributed by atoms with Crippen molar-refractivity contribution in [3.05, 3.63) is 39.9 Å². The van der Waals surface area contributed by atoms with Gasteiger partial charge >= 0.3 is 12.4 Å². The highest BCUT2D eigenvalue weighted by atomic mass is 16.6. The van der Waals surface area contributed by atoms with Crippen LogP contribution in [0.15, 0.2) is 24.3 Å². The number of esters is 1. The lowest BCUT2D eigenvalue weighted by atomic mass is 10.2. The molecular formula is C8H4NO5. The molecule has 0 fully saturated rings. The number of nitro groups is 1.